The van der Waals surface area contributed by atoms with Crippen molar-refractivity contribution in [1.29, 1.82) is 0 Å². The molecule has 1 fully saturated rings. The van der Waals surface area contributed by atoms with E-state index in [2.05, 4.69) is 5.32 Å². The third-order valence-electron chi connectivity index (χ3n) is 3.63. The van der Waals surface area contributed by atoms with Gasteiger partial charge in [-0.2, -0.15) is 11.8 Å². The minimum absolute atomic E-state index is 0.0667. The maximum absolute atomic E-state index is 12.2. The topological polar surface area (TPSA) is 66.4 Å². The Kier molecular flexibility index (Phi) is 6.54. The monoisotopic (exact) mass is 273 g/mol. The quantitative estimate of drug-likeness (QED) is 0.778. The lowest BCUT2D eigenvalue weighted by molar-refractivity contribution is -0.149. The predicted octanol–water partition coefficient (Wildman–Crippen LogP) is 2.14. The zero-order chi connectivity index (χ0) is 13.5. The molecule has 0 aliphatic heterocycles. The zero-order valence-electron chi connectivity index (χ0n) is 11.1. The summed E-state index contributed by atoms with van der Waals surface area (Å²) in [5, 5.41) is 12.2. The average molecular weight is 273 g/mol. The van der Waals surface area contributed by atoms with E-state index >= 15 is 0 Å². The molecule has 0 heterocycles. The first-order valence-electron chi connectivity index (χ1n) is 6.62. The van der Waals surface area contributed by atoms with Gasteiger partial charge in [-0.25, -0.2) is 0 Å². The molecule has 0 radical (unpaired) electrons. The molecule has 1 saturated carbocycles. The first-order valence-corrected chi connectivity index (χ1v) is 8.01. The molecule has 18 heavy (non-hydrogen) atoms. The van der Waals surface area contributed by atoms with Crippen LogP contribution in [0.1, 0.15) is 39.0 Å². The Morgan fingerprint density at radius 3 is 2.44 bits per heavy atom. The van der Waals surface area contributed by atoms with Crippen molar-refractivity contribution in [3.05, 3.63) is 0 Å². The number of hydrogen-bond acceptors (Lipinski definition) is 3. The Bertz CT molecular complexity index is 296. The summed E-state index contributed by atoms with van der Waals surface area (Å²) in [6, 6.07) is 0.156. The number of amides is 1. The second-order valence-corrected chi connectivity index (χ2v) is 5.82. The van der Waals surface area contributed by atoms with Crippen LogP contribution in [-0.2, 0) is 9.59 Å². The van der Waals surface area contributed by atoms with Gasteiger partial charge in [0, 0.05) is 11.8 Å². The molecule has 0 spiro atoms. The molecular formula is C13H23NO3S. The van der Waals surface area contributed by atoms with Gasteiger partial charge in [0.05, 0.1) is 11.8 Å². The maximum Gasteiger partial charge on any atom is 0.307 e. The van der Waals surface area contributed by atoms with Crippen LogP contribution in [0.2, 0.25) is 0 Å². The number of thioether (sulfide) groups is 1. The molecule has 0 aromatic heterocycles. The second kappa shape index (κ2) is 7.67. The van der Waals surface area contributed by atoms with Crippen LogP contribution in [0.5, 0.6) is 0 Å². The van der Waals surface area contributed by atoms with Crippen molar-refractivity contribution in [1.82, 2.24) is 5.32 Å². The van der Waals surface area contributed by atoms with Gasteiger partial charge < -0.3 is 10.4 Å². The van der Waals surface area contributed by atoms with Crippen LogP contribution in [0.3, 0.4) is 0 Å². The Hall–Kier alpha value is -0.710. The molecule has 1 rings (SSSR count). The lowest BCUT2D eigenvalue weighted by Crippen LogP contribution is -2.44. The lowest BCUT2D eigenvalue weighted by Gasteiger charge is -2.29. The van der Waals surface area contributed by atoms with Crippen molar-refractivity contribution >= 4 is 23.6 Å². The van der Waals surface area contributed by atoms with Gasteiger partial charge in [0.2, 0.25) is 5.91 Å². The van der Waals surface area contributed by atoms with E-state index in [4.69, 9.17) is 5.11 Å². The van der Waals surface area contributed by atoms with E-state index in [1.165, 1.54) is 0 Å². The van der Waals surface area contributed by atoms with E-state index in [-0.39, 0.29) is 17.9 Å². The molecule has 0 aromatic carbocycles. The number of nitrogens with one attached hydrogen (secondary N) is 1. The highest BCUT2D eigenvalue weighted by Gasteiger charge is 2.36. The number of carboxylic acid groups (broad SMARTS) is 1. The number of carbonyl (C=O) groups excluding carboxylic acids is 1. The highest BCUT2D eigenvalue weighted by atomic mass is 32.2. The van der Waals surface area contributed by atoms with Gasteiger partial charge in [-0.1, -0.05) is 19.8 Å². The lowest BCUT2D eigenvalue weighted by atomic mass is 9.78. The summed E-state index contributed by atoms with van der Waals surface area (Å²) < 4.78 is 0. The number of hydrogen-bond donors (Lipinski definition) is 2. The number of rotatable bonds is 6. The number of carbonyl (C=O) groups is 2. The number of aliphatic carboxylic acids is 1. The molecular weight excluding hydrogens is 250 g/mol. The van der Waals surface area contributed by atoms with E-state index in [9.17, 15) is 9.59 Å². The second-order valence-electron chi connectivity index (χ2n) is 4.90. The fraction of sp³-hybridized carbons (Fsp3) is 0.846. The summed E-state index contributed by atoms with van der Waals surface area (Å²) in [5.41, 5.74) is 0. The highest BCUT2D eigenvalue weighted by Crippen LogP contribution is 2.30. The molecule has 0 bridgehead atoms. The van der Waals surface area contributed by atoms with Crippen LogP contribution in [0, 0.1) is 11.8 Å². The minimum Gasteiger partial charge on any atom is -0.481 e. The fourth-order valence-electron chi connectivity index (χ4n) is 2.51. The third kappa shape index (κ3) is 4.19. The molecule has 0 saturated heterocycles. The SMILES string of the molecule is CCC(CSC)NC(=O)C1CCCCC1C(=O)O. The Morgan fingerprint density at radius 1 is 1.33 bits per heavy atom. The van der Waals surface area contributed by atoms with E-state index in [1.54, 1.807) is 11.8 Å². The van der Waals surface area contributed by atoms with E-state index < -0.39 is 11.9 Å². The molecule has 5 heteroatoms. The van der Waals surface area contributed by atoms with Gasteiger partial charge in [0.15, 0.2) is 0 Å². The summed E-state index contributed by atoms with van der Waals surface area (Å²) in [4.78, 5) is 23.3. The van der Waals surface area contributed by atoms with Gasteiger partial charge in [-0.15, -0.1) is 0 Å². The standard InChI is InChI=1S/C13H23NO3S/c1-3-9(8-18-2)14-12(15)10-6-4-5-7-11(10)13(16)17/h9-11H,3-8H2,1-2H3,(H,14,15)(H,16,17). The maximum atomic E-state index is 12.2. The van der Waals surface area contributed by atoms with Crippen LogP contribution < -0.4 is 5.32 Å². The molecule has 3 unspecified atom stereocenters. The average Bonchev–Trinajstić information content (AvgIpc) is 2.38. The van der Waals surface area contributed by atoms with Crippen molar-refractivity contribution in [2.45, 2.75) is 45.1 Å². The van der Waals surface area contributed by atoms with Gasteiger partial charge in [-0.05, 0) is 25.5 Å². The summed E-state index contributed by atoms with van der Waals surface area (Å²) in [6.45, 7) is 2.04. The van der Waals surface area contributed by atoms with Gasteiger partial charge in [0.1, 0.15) is 0 Å². The minimum atomic E-state index is -0.826. The molecule has 1 amide bonds. The molecule has 2 N–H and O–H groups in total. The zero-order valence-corrected chi connectivity index (χ0v) is 12.0. The van der Waals surface area contributed by atoms with Crippen molar-refractivity contribution in [3.63, 3.8) is 0 Å². The first kappa shape index (κ1) is 15.3. The van der Waals surface area contributed by atoms with Crippen molar-refractivity contribution in [2.75, 3.05) is 12.0 Å². The summed E-state index contributed by atoms with van der Waals surface area (Å²) in [6.07, 6.45) is 6.11. The molecule has 4 nitrogen and oxygen atoms in total. The molecule has 0 aromatic rings. The van der Waals surface area contributed by atoms with Crippen molar-refractivity contribution in [3.8, 4) is 0 Å². The molecule has 1 aliphatic carbocycles. The van der Waals surface area contributed by atoms with Crippen molar-refractivity contribution < 1.29 is 14.7 Å². The Balaban J connectivity index is 2.59. The van der Waals surface area contributed by atoms with Gasteiger partial charge >= 0.3 is 5.97 Å². The van der Waals surface area contributed by atoms with Gasteiger partial charge in [0.25, 0.3) is 0 Å². The third-order valence-corrected chi connectivity index (χ3v) is 4.36. The molecule has 1 aliphatic rings. The molecule has 104 valence electrons. The van der Waals surface area contributed by atoms with Crippen LogP contribution in [0.15, 0.2) is 0 Å². The van der Waals surface area contributed by atoms with E-state index in [0.717, 1.165) is 25.0 Å². The largest absolute Gasteiger partial charge is 0.481 e. The Labute approximate surface area is 113 Å². The highest BCUT2D eigenvalue weighted by molar-refractivity contribution is 7.98. The number of carboxylic acids is 1. The first-order chi connectivity index (χ1) is 8.60. The van der Waals surface area contributed by atoms with Gasteiger partial charge in [-0.3, -0.25) is 9.59 Å². The van der Waals surface area contributed by atoms with Crippen LogP contribution in [0.4, 0.5) is 0 Å². The summed E-state index contributed by atoms with van der Waals surface area (Å²) >= 11 is 1.70. The molecule has 3 atom stereocenters. The van der Waals surface area contributed by atoms with Crippen molar-refractivity contribution in [2.24, 2.45) is 11.8 Å². The smallest absolute Gasteiger partial charge is 0.307 e. The van der Waals surface area contributed by atoms with E-state index in [0.29, 0.717) is 12.8 Å². The normalized spacial score (nSPS) is 25.4. The van der Waals surface area contributed by atoms with Crippen LogP contribution >= 0.6 is 11.8 Å². The predicted molar refractivity (Wildman–Crippen MR) is 73.7 cm³/mol. The fourth-order valence-corrected chi connectivity index (χ4v) is 3.23. The van der Waals surface area contributed by atoms with Crippen LogP contribution in [-0.4, -0.2) is 35.0 Å². The van der Waals surface area contributed by atoms with Crippen LogP contribution in [0.25, 0.3) is 0 Å². The summed E-state index contributed by atoms with van der Waals surface area (Å²) in [5.74, 6) is -0.847. The Morgan fingerprint density at radius 2 is 1.94 bits per heavy atom. The van der Waals surface area contributed by atoms with E-state index in [1.807, 2.05) is 13.2 Å². The summed E-state index contributed by atoms with van der Waals surface area (Å²) in [7, 11) is 0.